The highest BCUT2D eigenvalue weighted by Gasteiger charge is 2.27. The van der Waals surface area contributed by atoms with E-state index in [0.717, 1.165) is 21.9 Å². The molecule has 224 valence electrons. The zero-order chi connectivity index (χ0) is 30.8. The number of carbonyl (C=O) groups excluding carboxylic acids is 2. The van der Waals surface area contributed by atoms with Gasteiger partial charge < -0.3 is 20.1 Å². The van der Waals surface area contributed by atoms with Crippen molar-refractivity contribution in [3.63, 3.8) is 0 Å². The van der Waals surface area contributed by atoms with Crippen LogP contribution in [0.4, 0.5) is 11.4 Å². The number of carbonyl (C=O) groups is 2. The molecule has 2 N–H and O–H groups in total. The summed E-state index contributed by atoms with van der Waals surface area (Å²) in [5, 5.41) is 5.62. The Balaban J connectivity index is 1.48. The molecule has 2 amide bonds. The third kappa shape index (κ3) is 7.72. The molecule has 4 aromatic carbocycles. The third-order valence-electron chi connectivity index (χ3n) is 6.84. The van der Waals surface area contributed by atoms with E-state index in [1.54, 1.807) is 74.9 Å². The van der Waals surface area contributed by atoms with Crippen LogP contribution in [-0.2, 0) is 27.7 Å². The Labute approximate surface area is 252 Å². The van der Waals surface area contributed by atoms with Crippen molar-refractivity contribution in [2.24, 2.45) is 0 Å². The van der Waals surface area contributed by atoms with Crippen molar-refractivity contribution in [1.82, 2.24) is 5.32 Å². The summed E-state index contributed by atoms with van der Waals surface area (Å²) in [5.74, 6) is 0.252. The number of rotatable bonds is 13. The molecule has 0 saturated heterocycles. The molecule has 0 spiro atoms. The van der Waals surface area contributed by atoms with Crippen LogP contribution in [0.3, 0.4) is 0 Å². The molecule has 43 heavy (non-hydrogen) atoms. The van der Waals surface area contributed by atoms with E-state index < -0.39 is 22.5 Å². The number of nitrogens with one attached hydrogen (secondary N) is 2. The predicted molar refractivity (Wildman–Crippen MR) is 167 cm³/mol. The van der Waals surface area contributed by atoms with Gasteiger partial charge in [0.05, 0.1) is 36.1 Å². The Bertz CT molecular complexity index is 1660. The van der Waals surface area contributed by atoms with Gasteiger partial charge in [-0.25, -0.2) is 8.42 Å². The average molecular weight is 602 g/mol. The summed E-state index contributed by atoms with van der Waals surface area (Å²) in [6, 6.07) is 27.2. The molecule has 0 heterocycles. The van der Waals surface area contributed by atoms with Gasteiger partial charge in [-0.1, -0.05) is 55.5 Å². The smallest absolute Gasteiger partial charge is 0.264 e. The van der Waals surface area contributed by atoms with Gasteiger partial charge in [-0.3, -0.25) is 13.9 Å². The van der Waals surface area contributed by atoms with Crippen LogP contribution >= 0.6 is 0 Å². The van der Waals surface area contributed by atoms with Gasteiger partial charge in [-0.15, -0.1) is 0 Å². The normalized spacial score (nSPS) is 11.0. The third-order valence-corrected chi connectivity index (χ3v) is 8.63. The van der Waals surface area contributed by atoms with Crippen LogP contribution in [-0.4, -0.2) is 47.5 Å². The Hall–Kier alpha value is -4.83. The molecule has 4 aromatic rings. The van der Waals surface area contributed by atoms with Crippen molar-refractivity contribution in [3.8, 4) is 11.5 Å². The van der Waals surface area contributed by atoms with E-state index in [1.165, 1.54) is 12.1 Å². The molecule has 0 unspecified atom stereocenters. The van der Waals surface area contributed by atoms with E-state index in [-0.39, 0.29) is 22.1 Å². The summed E-state index contributed by atoms with van der Waals surface area (Å²) in [6.45, 7) is 1.86. The molecule has 0 fully saturated rings. The maximum absolute atomic E-state index is 13.6. The zero-order valence-corrected chi connectivity index (χ0v) is 25.2. The van der Waals surface area contributed by atoms with E-state index in [2.05, 4.69) is 10.6 Å². The fourth-order valence-corrected chi connectivity index (χ4v) is 5.94. The molecule has 0 aromatic heterocycles. The molecule has 0 aliphatic rings. The first kappa shape index (κ1) is 31.1. The highest BCUT2D eigenvalue weighted by atomic mass is 32.2. The monoisotopic (exact) mass is 601 g/mol. The van der Waals surface area contributed by atoms with Gasteiger partial charge in [0.1, 0.15) is 6.54 Å². The van der Waals surface area contributed by atoms with Crippen LogP contribution in [0.25, 0.3) is 0 Å². The van der Waals surface area contributed by atoms with E-state index in [9.17, 15) is 18.0 Å². The first-order valence-electron chi connectivity index (χ1n) is 13.8. The van der Waals surface area contributed by atoms with Crippen LogP contribution in [0.15, 0.2) is 102 Å². The number of hydrogen-bond acceptors (Lipinski definition) is 6. The van der Waals surface area contributed by atoms with Gasteiger partial charge in [0.25, 0.3) is 15.9 Å². The second-order valence-electron chi connectivity index (χ2n) is 9.63. The number of para-hydroxylation sites is 1. The number of anilines is 2. The van der Waals surface area contributed by atoms with Crippen molar-refractivity contribution >= 4 is 33.2 Å². The van der Waals surface area contributed by atoms with Gasteiger partial charge in [0.15, 0.2) is 11.5 Å². The summed E-state index contributed by atoms with van der Waals surface area (Å²) >= 11 is 0. The molecule has 4 rings (SSSR count). The highest BCUT2D eigenvalue weighted by molar-refractivity contribution is 7.92. The standard InChI is InChI=1S/C33H35N3O6S/c1-4-24-14-17-26(18-15-24)36(43(39,40)27-10-6-5-7-11-27)23-32(37)35-29-13-9-8-12-28(29)33(38)34-21-20-25-16-19-30(41-2)31(22-25)42-3/h5-19,22H,4,20-21,23H2,1-3H3,(H,34,38)(H,35,37). The van der Waals surface area contributed by atoms with Crippen molar-refractivity contribution in [2.75, 3.05) is 36.9 Å². The van der Waals surface area contributed by atoms with Gasteiger partial charge in [-0.2, -0.15) is 0 Å². The van der Waals surface area contributed by atoms with Crippen LogP contribution in [0, 0.1) is 0 Å². The number of benzene rings is 4. The lowest BCUT2D eigenvalue weighted by Gasteiger charge is -2.24. The van der Waals surface area contributed by atoms with Crippen molar-refractivity contribution in [3.05, 3.63) is 114 Å². The average Bonchev–Trinajstić information content (AvgIpc) is 3.04. The van der Waals surface area contributed by atoms with Gasteiger partial charge >= 0.3 is 0 Å². The molecule has 9 nitrogen and oxygen atoms in total. The lowest BCUT2D eigenvalue weighted by atomic mass is 10.1. The first-order chi connectivity index (χ1) is 20.8. The van der Waals surface area contributed by atoms with Crippen LogP contribution in [0.1, 0.15) is 28.4 Å². The second-order valence-corrected chi connectivity index (χ2v) is 11.5. The molecular weight excluding hydrogens is 566 g/mol. The number of methoxy groups -OCH3 is 2. The summed E-state index contributed by atoms with van der Waals surface area (Å²) in [5.41, 5.74) is 2.88. The minimum atomic E-state index is -4.06. The molecule has 0 saturated carbocycles. The van der Waals surface area contributed by atoms with E-state index >= 15 is 0 Å². The largest absolute Gasteiger partial charge is 0.493 e. The number of amides is 2. The minimum Gasteiger partial charge on any atom is -0.493 e. The quantitative estimate of drug-likeness (QED) is 0.221. The maximum Gasteiger partial charge on any atom is 0.264 e. The van der Waals surface area contributed by atoms with Gasteiger partial charge in [0.2, 0.25) is 5.91 Å². The number of sulfonamides is 1. The summed E-state index contributed by atoms with van der Waals surface area (Å²) < 4.78 is 38.9. The Kier molecular flexibility index (Phi) is 10.4. The lowest BCUT2D eigenvalue weighted by Crippen LogP contribution is -2.38. The molecule has 0 aliphatic carbocycles. The Morgan fingerprint density at radius 1 is 0.791 bits per heavy atom. The number of hydrogen-bond donors (Lipinski definition) is 2. The van der Waals surface area contributed by atoms with E-state index in [0.29, 0.717) is 30.2 Å². The number of aryl methyl sites for hydroxylation is 1. The highest BCUT2D eigenvalue weighted by Crippen LogP contribution is 2.28. The number of ether oxygens (including phenoxy) is 2. The summed E-state index contributed by atoms with van der Waals surface area (Å²) in [4.78, 5) is 26.5. The SMILES string of the molecule is CCc1ccc(N(CC(=O)Nc2ccccc2C(=O)NCCc2ccc(OC)c(OC)c2)S(=O)(=O)c2ccccc2)cc1. The summed E-state index contributed by atoms with van der Waals surface area (Å²) in [6.07, 6.45) is 1.34. The fourth-order valence-electron chi connectivity index (χ4n) is 4.49. The molecule has 0 bridgehead atoms. The van der Waals surface area contributed by atoms with Crippen molar-refractivity contribution in [1.29, 1.82) is 0 Å². The van der Waals surface area contributed by atoms with Crippen LogP contribution in [0.2, 0.25) is 0 Å². The molecule has 10 heteroatoms. The number of nitrogens with zero attached hydrogens (tertiary/aromatic N) is 1. The first-order valence-corrected chi connectivity index (χ1v) is 15.3. The fraction of sp³-hybridized carbons (Fsp3) is 0.212. The lowest BCUT2D eigenvalue weighted by molar-refractivity contribution is -0.114. The van der Waals surface area contributed by atoms with Crippen molar-refractivity contribution < 1.29 is 27.5 Å². The molecule has 0 atom stereocenters. The maximum atomic E-state index is 13.6. The molecular formula is C33H35N3O6S. The Morgan fingerprint density at radius 2 is 1.44 bits per heavy atom. The zero-order valence-electron chi connectivity index (χ0n) is 24.4. The predicted octanol–water partition coefficient (Wildman–Crippen LogP) is 5.07. The second kappa shape index (κ2) is 14.4. The molecule has 0 radical (unpaired) electrons. The minimum absolute atomic E-state index is 0.0663. The van der Waals surface area contributed by atoms with Crippen molar-refractivity contribution in [2.45, 2.75) is 24.7 Å². The van der Waals surface area contributed by atoms with Gasteiger partial charge in [0, 0.05) is 6.54 Å². The van der Waals surface area contributed by atoms with Crippen LogP contribution in [0.5, 0.6) is 11.5 Å². The topological polar surface area (TPSA) is 114 Å². The van der Waals surface area contributed by atoms with E-state index in [4.69, 9.17) is 9.47 Å². The summed E-state index contributed by atoms with van der Waals surface area (Å²) in [7, 11) is -0.930. The van der Waals surface area contributed by atoms with E-state index in [1.807, 2.05) is 31.2 Å². The van der Waals surface area contributed by atoms with Gasteiger partial charge in [-0.05, 0) is 72.5 Å². The van der Waals surface area contributed by atoms with Crippen LogP contribution < -0.4 is 24.4 Å². The molecule has 0 aliphatic heterocycles. The Morgan fingerprint density at radius 3 is 2.12 bits per heavy atom.